The van der Waals surface area contributed by atoms with Crippen LogP contribution in [0.4, 0.5) is 0 Å². The number of nitrogens with one attached hydrogen (secondary N) is 1. The molecule has 1 fully saturated rings. The quantitative estimate of drug-likeness (QED) is 0.883. The molecular weight excluding hydrogens is 319 g/mol. The molecule has 6 heteroatoms. The van der Waals surface area contributed by atoms with Crippen LogP contribution in [0.25, 0.3) is 0 Å². The van der Waals surface area contributed by atoms with Crippen LogP contribution in [-0.2, 0) is 4.79 Å². The molecule has 3 nitrogen and oxygen atoms in total. The van der Waals surface area contributed by atoms with Crippen molar-refractivity contribution in [1.82, 2.24) is 5.32 Å². The molecule has 0 aliphatic heterocycles. The minimum absolute atomic E-state index is 0. The summed E-state index contributed by atoms with van der Waals surface area (Å²) in [6.45, 7) is 1.92. The molecule has 3 atom stereocenters. The van der Waals surface area contributed by atoms with E-state index in [1.807, 2.05) is 13.0 Å². The molecule has 0 heterocycles. The van der Waals surface area contributed by atoms with E-state index in [1.54, 1.807) is 12.1 Å². The van der Waals surface area contributed by atoms with E-state index < -0.39 is 0 Å². The van der Waals surface area contributed by atoms with E-state index in [2.05, 4.69) is 5.32 Å². The van der Waals surface area contributed by atoms with Crippen molar-refractivity contribution in [3.05, 3.63) is 33.8 Å². The van der Waals surface area contributed by atoms with E-state index >= 15 is 0 Å². The van der Waals surface area contributed by atoms with Gasteiger partial charge in [0, 0.05) is 22.0 Å². The van der Waals surface area contributed by atoms with Gasteiger partial charge in [-0.1, -0.05) is 29.3 Å². The van der Waals surface area contributed by atoms with Gasteiger partial charge in [0.2, 0.25) is 5.91 Å². The molecule has 0 bridgehead atoms. The maximum atomic E-state index is 12.1. The van der Waals surface area contributed by atoms with Crippen LogP contribution in [-0.4, -0.2) is 11.9 Å². The number of hydrogen-bond donors (Lipinski definition) is 2. The number of hydrogen-bond acceptors (Lipinski definition) is 2. The first-order chi connectivity index (χ1) is 8.97. The van der Waals surface area contributed by atoms with Gasteiger partial charge in [-0.2, -0.15) is 0 Å². The fraction of sp³-hybridized carbons (Fsp3) is 0.500. The first kappa shape index (κ1) is 17.6. The molecule has 1 aromatic rings. The van der Waals surface area contributed by atoms with Crippen molar-refractivity contribution in [2.24, 2.45) is 11.7 Å². The summed E-state index contributed by atoms with van der Waals surface area (Å²) >= 11 is 12.0. The summed E-state index contributed by atoms with van der Waals surface area (Å²) in [5.41, 5.74) is 6.71. The second-order valence-corrected chi connectivity index (χ2v) is 6.01. The SMILES string of the molecule is CC(NC(=O)C1CCC(N)C1)c1ccc(Cl)cc1Cl.Cl. The number of carbonyl (C=O) groups excluding carboxylic acids is 1. The molecule has 2 rings (SSSR count). The number of amides is 1. The van der Waals surface area contributed by atoms with Crippen LogP contribution in [0, 0.1) is 5.92 Å². The maximum Gasteiger partial charge on any atom is 0.223 e. The van der Waals surface area contributed by atoms with E-state index in [1.165, 1.54) is 0 Å². The van der Waals surface area contributed by atoms with Crippen LogP contribution in [0.1, 0.15) is 37.8 Å². The second kappa shape index (κ2) is 7.51. The van der Waals surface area contributed by atoms with E-state index in [-0.39, 0.29) is 36.3 Å². The lowest BCUT2D eigenvalue weighted by Crippen LogP contribution is -2.32. The normalized spacial score (nSPS) is 23.0. The highest BCUT2D eigenvalue weighted by atomic mass is 35.5. The van der Waals surface area contributed by atoms with E-state index in [9.17, 15) is 4.79 Å². The number of nitrogens with two attached hydrogens (primary N) is 1. The molecule has 1 aromatic carbocycles. The zero-order valence-electron chi connectivity index (χ0n) is 11.2. The Morgan fingerprint density at radius 2 is 2.10 bits per heavy atom. The lowest BCUT2D eigenvalue weighted by atomic mass is 10.0. The number of halogens is 3. The molecule has 3 N–H and O–H groups in total. The summed E-state index contributed by atoms with van der Waals surface area (Å²) in [5, 5.41) is 4.16. The Labute approximate surface area is 135 Å². The zero-order valence-corrected chi connectivity index (χ0v) is 13.6. The van der Waals surface area contributed by atoms with Crippen molar-refractivity contribution in [1.29, 1.82) is 0 Å². The Bertz CT molecular complexity index is 481. The Morgan fingerprint density at radius 1 is 1.40 bits per heavy atom. The van der Waals surface area contributed by atoms with Gasteiger partial charge < -0.3 is 11.1 Å². The lowest BCUT2D eigenvalue weighted by molar-refractivity contribution is -0.125. The molecule has 0 radical (unpaired) electrons. The summed E-state index contributed by atoms with van der Waals surface area (Å²) in [7, 11) is 0. The average molecular weight is 338 g/mol. The van der Waals surface area contributed by atoms with Crippen LogP contribution in [0.2, 0.25) is 10.0 Å². The number of rotatable bonds is 3. The molecule has 112 valence electrons. The van der Waals surface area contributed by atoms with E-state index in [0.29, 0.717) is 10.0 Å². The van der Waals surface area contributed by atoms with Crippen LogP contribution >= 0.6 is 35.6 Å². The average Bonchev–Trinajstić information content (AvgIpc) is 2.75. The highest BCUT2D eigenvalue weighted by Gasteiger charge is 2.28. The van der Waals surface area contributed by atoms with Gasteiger partial charge >= 0.3 is 0 Å². The van der Waals surface area contributed by atoms with Crippen molar-refractivity contribution in [3.63, 3.8) is 0 Å². The molecule has 1 amide bonds. The van der Waals surface area contributed by atoms with Gasteiger partial charge in [-0.15, -0.1) is 12.4 Å². The minimum atomic E-state index is -0.130. The topological polar surface area (TPSA) is 55.1 Å². The molecule has 0 aromatic heterocycles. The van der Waals surface area contributed by atoms with Gasteiger partial charge in [-0.3, -0.25) is 4.79 Å². The molecular formula is C14H19Cl3N2O. The zero-order chi connectivity index (χ0) is 14.0. The van der Waals surface area contributed by atoms with Crippen molar-refractivity contribution in [2.75, 3.05) is 0 Å². The lowest BCUT2D eigenvalue weighted by Gasteiger charge is -2.18. The fourth-order valence-electron chi connectivity index (χ4n) is 2.52. The van der Waals surface area contributed by atoms with Crippen molar-refractivity contribution < 1.29 is 4.79 Å². The van der Waals surface area contributed by atoms with Gasteiger partial charge in [0.15, 0.2) is 0 Å². The van der Waals surface area contributed by atoms with Gasteiger partial charge in [-0.25, -0.2) is 0 Å². The smallest absolute Gasteiger partial charge is 0.223 e. The van der Waals surface area contributed by atoms with Crippen molar-refractivity contribution in [2.45, 2.75) is 38.3 Å². The summed E-state index contributed by atoms with van der Waals surface area (Å²) in [5.74, 6) is 0.0926. The maximum absolute atomic E-state index is 12.1. The Hall–Kier alpha value is -0.480. The molecule has 0 saturated heterocycles. The van der Waals surface area contributed by atoms with Gasteiger partial charge in [-0.05, 0) is 43.9 Å². The third-order valence-electron chi connectivity index (χ3n) is 3.63. The monoisotopic (exact) mass is 336 g/mol. The second-order valence-electron chi connectivity index (χ2n) is 5.17. The van der Waals surface area contributed by atoms with Gasteiger partial charge in [0.1, 0.15) is 0 Å². The summed E-state index contributed by atoms with van der Waals surface area (Å²) in [6.07, 6.45) is 2.56. The summed E-state index contributed by atoms with van der Waals surface area (Å²) in [6, 6.07) is 5.33. The van der Waals surface area contributed by atoms with Crippen LogP contribution in [0.5, 0.6) is 0 Å². The van der Waals surface area contributed by atoms with Crippen LogP contribution in [0.15, 0.2) is 18.2 Å². The van der Waals surface area contributed by atoms with Crippen LogP contribution < -0.4 is 11.1 Å². The highest BCUT2D eigenvalue weighted by Crippen LogP contribution is 2.28. The number of carbonyl (C=O) groups is 1. The third kappa shape index (κ3) is 4.26. The van der Waals surface area contributed by atoms with E-state index in [4.69, 9.17) is 28.9 Å². The Morgan fingerprint density at radius 3 is 2.65 bits per heavy atom. The molecule has 1 aliphatic rings. The van der Waals surface area contributed by atoms with Gasteiger partial charge in [0.25, 0.3) is 0 Å². The molecule has 0 spiro atoms. The predicted molar refractivity (Wildman–Crippen MR) is 85.6 cm³/mol. The summed E-state index contributed by atoms with van der Waals surface area (Å²) in [4.78, 5) is 12.1. The molecule has 20 heavy (non-hydrogen) atoms. The first-order valence-electron chi connectivity index (χ1n) is 6.48. The van der Waals surface area contributed by atoms with Crippen molar-refractivity contribution in [3.8, 4) is 0 Å². The third-order valence-corrected chi connectivity index (χ3v) is 4.19. The molecule has 1 saturated carbocycles. The van der Waals surface area contributed by atoms with Gasteiger partial charge in [0.05, 0.1) is 6.04 Å². The number of benzene rings is 1. The first-order valence-corrected chi connectivity index (χ1v) is 7.24. The van der Waals surface area contributed by atoms with Crippen LogP contribution in [0.3, 0.4) is 0 Å². The van der Waals surface area contributed by atoms with Crippen molar-refractivity contribution >= 4 is 41.5 Å². The Kier molecular flexibility index (Phi) is 6.59. The fourth-order valence-corrected chi connectivity index (χ4v) is 3.09. The standard InChI is InChI=1S/C14H18Cl2N2O.ClH/c1-8(12-5-3-10(15)7-13(12)16)18-14(19)9-2-4-11(17)6-9;/h3,5,7-9,11H,2,4,6,17H2,1H3,(H,18,19);1H. The minimum Gasteiger partial charge on any atom is -0.349 e. The molecule has 1 aliphatic carbocycles. The Balaban J connectivity index is 0.00000200. The predicted octanol–water partition coefficient (Wildman–Crippen LogP) is 3.72. The highest BCUT2D eigenvalue weighted by molar-refractivity contribution is 6.35. The summed E-state index contributed by atoms with van der Waals surface area (Å²) < 4.78 is 0. The largest absolute Gasteiger partial charge is 0.349 e. The molecule has 3 unspecified atom stereocenters. The van der Waals surface area contributed by atoms with E-state index in [0.717, 1.165) is 24.8 Å².